The lowest BCUT2D eigenvalue weighted by molar-refractivity contribution is 0.212. The van der Waals surface area contributed by atoms with Gasteiger partial charge in [-0.05, 0) is 24.8 Å². The van der Waals surface area contributed by atoms with Gasteiger partial charge in [-0.1, -0.05) is 29.8 Å². The highest BCUT2D eigenvalue weighted by atomic mass is 16.2. The van der Waals surface area contributed by atoms with Crippen LogP contribution in [0, 0.1) is 12.8 Å². The van der Waals surface area contributed by atoms with E-state index < -0.39 is 0 Å². The lowest BCUT2D eigenvalue weighted by Crippen LogP contribution is -2.36. The number of carbonyl (C=O) groups excluding carboxylic acids is 1. The highest BCUT2D eigenvalue weighted by molar-refractivity contribution is 5.73. The van der Waals surface area contributed by atoms with Crippen LogP contribution in [0.2, 0.25) is 0 Å². The minimum absolute atomic E-state index is 0.225. The smallest absolute Gasteiger partial charge is 0.314 e. The molecule has 0 spiro atoms. The van der Waals surface area contributed by atoms with E-state index in [2.05, 4.69) is 31.2 Å². The summed E-state index contributed by atoms with van der Waals surface area (Å²) in [5.74, 6) is 0.628. The Labute approximate surface area is 95.2 Å². The molecule has 1 aromatic carbocycles. The molecule has 0 aromatic heterocycles. The average Bonchev–Trinajstić information content (AvgIpc) is 2.82. The quantitative estimate of drug-likeness (QED) is 0.762. The van der Waals surface area contributed by atoms with Gasteiger partial charge >= 0.3 is 6.03 Å². The normalized spacial score (nSPS) is 31.3. The van der Waals surface area contributed by atoms with E-state index in [9.17, 15) is 4.79 Å². The highest BCUT2D eigenvalue weighted by Gasteiger charge is 2.61. The Morgan fingerprint density at radius 1 is 1.44 bits per heavy atom. The fourth-order valence-corrected chi connectivity index (χ4v) is 2.98. The summed E-state index contributed by atoms with van der Waals surface area (Å²) in [7, 11) is 0. The number of likely N-dealkylation sites (tertiary alicyclic amines) is 1. The molecule has 0 radical (unpaired) electrons. The molecule has 2 atom stereocenters. The average molecular weight is 216 g/mol. The Balaban J connectivity index is 1.87. The van der Waals surface area contributed by atoms with E-state index in [0.29, 0.717) is 5.92 Å². The summed E-state index contributed by atoms with van der Waals surface area (Å²) in [6.07, 6.45) is 1.21. The van der Waals surface area contributed by atoms with E-state index in [1.54, 1.807) is 4.90 Å². The Hall–Kier alpha value is -1.51. The number of fused-ring (bicyclic) bond motifs is 1. The van der Waals surface area contributed by atoms with Gasteiger partial charge in [0.15, 0.2) is 0 Å². The van der Waals surface area contributed by atoms with Crippen molar-refractivity contribution >= 4 is 6.03 Å². The van der Waals surface area contributed by atoms with Crippen molar-refractivity contribution in [2.45, 2.75) is 18.8 Å². The second-order valence-corrected chi connectivity index (χ2v) is 5.14. The number of benzene rings is 1. The van der Waals surface area contributed by atoms with Gasteiger partial charge in [0.1, 0.15) is 0 Å². The van der Waals surface area contributed by atoms with E-state index in [-0.39, 0.29) is 11.4 Å². The van der Waals surface area contributed by atoms with E-state index in [4.69, 9.17) is 5.73 Å². The maximum Gasteiger partial charge on any atom is 0.314 e. The summed E-state index contributed by atoms with van der Waals surface area (Å²) in [4.78, 5) is 12.9. The van der Waals surface area contributed by atoms with Crippen LogP contribution in [0.5, 0.6) is 0 Å². The number of rotatable bonds is 1. The summed E-state index contributed by atoms with van der Waals surface area (Å²) in [6.45, 7) is 3.73. The zero-order chi connectivity index (χ0) is 11.3. The second kappa shape index (κ2) is 3.00. The van der Waals surface area contributed by atoms with Crippen molar-refractivity contribution in [3.63, 3.8) is 0 Å². The molecule has 16 heavy (non-hydrogen) atoms. The number of nitrogens with two attached hydrogens (primary N) is 1. The summed E-state index contributed by atoms with van der Waals surface area (Å²) in [6, 6.07) is 8.40. The van der Waals surface area contributed by atoms with E-state index >= 15 is 0 Å². The number of piperidine rings is 1. The third kappa shape index (κ3) is 1.24. The molecule has 3 heteroatoms. The molecule has 1 saturated heterocycles. The van der Waals surface area contributed by atoms with Crippen LogP contribution >= 0.6 is 0 Å². The molecule has 2 fully saturated rings. The minimum Gasteiger partial charge on any atom is -0.351 e. The molecule has 3 rings (SSSR count). The molecule has 2 amide bonds. The first-order chi connectivity index (χ1) is 7.62. The first kappa shape index (κ1) is 9.70. The lowest BCUT2D eigenvalue weighted by atomic mass is 9.94. The van der Waals surface area contributed by atoms with E-state index in [1.807, 2.05) is 0 Å². The van der Waals surface area contributed by atoms with Gasteiger partial charge in [0.2, 0.25) is 0 Å². The van der Waals surface area contributed by atoms with Gasteiger partial charge in [-0.15, -0.1) is 0 Å². The summed E-state index contributed by atoms with van der Waals surface area (Å²) in [5, 5.41) is 0. The lowest BCUT2D eigenvalue weighted by Gasteiger charge is -2.19. The van der Waals surface area contributed by atoms with Crippen molar-refractivity contribution in [3.8, 4) is 0 Å². The third-order valence-corrected chi connectivity index (χ3v) is 4.08. The Morgan fingerprint density at radius 3 is 2.69 bits per heavy atom. The van der Waals surface area contributed by atoms with Crippen LogP contribution in [0.3, 0.4) is 0 Å². The van der Waals surface area contributed by atoms with Gasteiger partial charge in [0.05, 0.1) is 0 Å². The van der Waals surface area contributed by atoms with Gasteiger partial charge in [-0.25, -0.2) is 4.79 Å². The number of nitrogens with zero attached hydrogens (tertiary/aromatic N) is 1. The molecule has 1 heterocycles. The van der Waals surface area contributed by atoms with Crippen molar-refractivity contribution < 1.29 is 4.79 Å². The van der Waals surface area contributed by atoms with E-state index in [0.717, 1.165) is 13.1 Å². The van der Waals surface area contributed by atoms with Crippen molar-refractivity contribution in [1.29, 1.82) is 0 Å². The van der Waals surface area contributed by atoms with Crippen molar-refractivity contribution in [1.82, 2.24) is 4.90 Å². The summed E-state index contributed by atoms with van der Waals surface area (Å²) < 4.78 is 0. The van der Waals surface area contributed by atoms with Crippen LogP contribution in [0.4, 0.5) is 4.79 Å². The van der Waals surface area contributed by atoms with Crippen LogP contribution < -0.4 is 5.73 Å². The number of urea groups is 1. The first-order valence-corrected chi connectivity index (χ1v) is 5.73. The molecule has 0 unspecified atom stereocenters. The van der Waals surface area contributed by atoms with Gasteiger partial charge in [-0.3, -0.25) is 0 Å². The summed E-state index contributed by atoms with van der Waals surface area (Å²) >= 11 is 0. The molecule has 84 valence electrons. The van der Waals surface area contributed by atoms with E-state index in [1.165, 1.54) is 17.5 Å². The van der Waals surface area contributed by atoms with Crippen LogP contribution in [0.1, 0.15) is 17.5 Å². The Bertz CT molecular complexity index is 440. The molecule has 1 aliphatic heterocycles. The number of carbonyl (C=O) groups is 1. The van der Waals surface area contributed by atoms with Gasteiger partial charge < -0.3 is 10.6 Å². The highest BCUT2D eigenvalue weighted by Crippen LogP contribution is 2.58. The molecule has 2 aliphatic rings. The molecular weight excluding hydrogens is 200 g/mol. The van der Waals surface area contributed by atoms with Gasteiger partial charge in [0.25, 0.3) is 0 Å². The Morgan fingerprint density at radius 2 is 2.12 bits per heavy atom. The van der Waals surface area contributed by atoms with Crippen LogP contribution in [-0.4, -0.2) is 24.0 Å². The molecule has 0 bridgehead atoms. The molecule has 1 aromatic rings. The van der Waals surface area contributed by atoms with Crippen LogP contribution in [0.25, 0.3) is 0 Å². The number of amides is 2. The van der Waals surface area contributed by atoms with Crippen molar-refractivity contribution in [2.75, 3.05) is 13.1 Å². The Kier molecular flexibility index (Phi) is 1.82. The largest absolute Gasteiger partial charge is 0.351 e. The second-order valence-electron chi connectivity index (χ2n) is 5.14. The van der Waals surface area contributed by atoms with Crippen molar-refractivity contribution in [3.05, 3.63) is 35.4 Å². The number of hydrogen-bond donors (Lipinski definition) is 1. The van der Waals surface area contributed by atoms with Crippen LogP contribution in [0.15, 0.2) is 24.3 Å². The van der Waals surface area contributed by atoms with Crippen molar-refractivity contribution in [2.24, 2.45) is 11.7 Å². The van der Waals surface area contributed by atoms with Crippen LogP contribution in [-0.2, 0) is 5.41 Å². The molecule has 2 N–H and O–H groups in total. The molecule has 1 aliphatic carbocycles. The summed E-state index contributed by atoms with van der Waals surface area (Å²) in [5.41, 5.74) is 8.20. The molecule has 3 nitrogen and oxygen atoms in total. The maximum atomic E-state index is 11.1. The predicted molar refractivity (Wildman–Crippen MR) is 62.1 cm³/mol. The zero-order valence-electron chi connectivity index (χ0n) is 9.44. The minimum atomic E-state index is -0.279. The topological polar surface area (TPSA) is 46.3 Å². The van der Waals surface area contributed by atoms with Gasteiger partial charge in [0, 0.05) is 18.5 Å². The fraction of sp³-hybridized carbons (Fsp3) is 0.462. The first-order valence-electron chi connectivity index (χ1n) is 5.73. The standard InChI is InChI=1S/C13H16N2O/c1-9-2-4-10(5-3-9)13-6-11(13)7-15(8-13)12(14)16/h2-5,11H,6-8H2,1H3,(H2,14,16)/t11-,13+/m0/s1. The SMILES string of the molecule is Cc1ccc([C@]23C[C@H]2CN(C(N)=O)C3)cc1. The maximum absolute atomic E-state index is 11.1. The monoisotopic (exact) mass is 216 g/mol. The molecular formula is C13H16N2O. The zero-order valence-corrected chi connectivity index (χ0v) is 9.44. The van der Waals surface area contributed by atoms with Gasteiger partial charge in [-0.2, -0.15) is 0 Å². The predicted octanol–water partition coefficient (Wildman–Crippen LogP) is 1.65. The molecule has 1 saturated carbocycles. The number of aryl methyl sites for hydroxylation is 1. The fourth-order valence-electron chi connectivity index (χ4n) is 2.98. The number of primary amides is 1. The number of hydrogen-bond acceptors (Lipinski definition) is 1. The third-order valence-electron chi connectivity index (χ3n) is 4.08.